The number of anilines is 5. The van der Waals surface area contributed by atoms with Gasteiger partial charge in [-0.2, -0.15) is 4.98 Å². The van der Waals surface area contributed by atoms with Gasteiger partial charge in [0.05, 0.1) is 12.8 Å². The molecule has 2 saturated heterocycles. The number of aromatic nitrogens is 1. The van der Waals surface area contributed by atoms with Gasteiger partial charge < -0.3 is 34.8 Å². The summed E-state index contributed by atoms with van der Waals surface area (Å²) < 4.78 is 12.2. The molecule has 0 spiro atoms. The number of carbonyl (C=O) groups excluding carboxylic acids is 1. The Hall–Kier alpha value is -4.24. The minimum absolute atomic E-state index is 0.269. The molecule has 2 aromatic carbocycles. The van der Waals surface area contributed by atoms with Crippen molar-refractivity contribution in [2.75, 3.05) is 73.9 Å². The highest BCUT2D eigenvalue weighted by molar-refractivity contribution is 5.99. The number of benzene rings is 2. The third-order valence-corrected chi connectivity index (χ3v) is 7.54. The lowest BCUT2D eigenvalue weighted by Crippen LogP contribution is -2.44. The molecule has 2 aliphatic rings. The van der Waals surface area contributed by atoms with E-state index in [1.165, 1.54) is 6.08 Å². The predicted octanol–water partition coefficient (Wildman–Crippen LogP) is 5.41. The molecule has 2 aliphatic heterocycles. The molecule has 0 unspecified atom stereocenters. The first-order valence-corrected chi connectivity index (χ1v) is 13.8. The van der Waals surface area contributed by atoms with Crippen molar-refractivity contribution in [3.8, 4) is 17.4 Å². The number of carbonyl (C=O) groups is 1. The first kappa shape index (κ1) is 27.3. The number of pyridine rings is 1. The van der Waals surface area contributed by atoms with E-state index in [-0.39, 0.29) is 5.91 Å². The SMILES string of the molecule is C=CC(=O)Nc1cccc(Oc2nc(Nc3ccc(N4CCN(C)CC4)cc3OC)ccc2N2CCCC2)c1C. The van der Waals surface area contributed by atoms with Crippen molar-refractivity contribution in [1.29, 1.82) is 0 Å². The van der Waals surface area contributed by atoms with Crippen LogP contribution < -0.4 is 29.9 Å². The van der Waals surface area contributed by atoms with Crippen LogP contribution in [0.1, 0.15) is 18.4 Å². The normalized spacial score (nSPS) is 15.6. The maximum atomic E-state index is 11.9. The summed E-state index contributed by atoms with van der Waals surface area (Å²) in [6.07, 6.45) is 3.53. The highest BCUT2D eigenvalue weighted by Crippen LogP contribution is 2.38. The molecule has 210 valence electrons. The highest BCUT2D eigenvalue weighted by Gasteiger charge is 2.21. The summed E-state index contributed by atoms with van der Waals surface area (Å²) in [5, 5.41) is 6.28. The van der Waals surface area contributed by atoms with Gasteiger partial charge >= 0.3 is 0 Å². The number of nitrogens with one attached hydrogen (secondary N) is 2. The van der Waals surface area contributed by atoms with Gasteiger partial charge in [0, 0.05) is 62.3 Å². The second kappa shape index (κ2) is 12.3. The van der Waals surface area contributed by atoms with Crippen molar-refractivity contribution in [1.82, 2.24) is 9.88 Å². The Morgan fingerprint density at radius 3 is 2.45 bits per heavy atom. The molecule has 3 heterocycles. The van der Waals surface area contributed by atoms with Gasteiger partial charge in [-0.15, -0.1) is 0 Å². The second-order valence-electron chi connectivity index (χ2n) is 10.2. The lowest BCUT2D eigenvalue weighted by atomic mass is 10.1. The zero-order valence-electron chi connectivity index (χ0n) is 23.6. The average Bonchev–Trinajstić information content (AvgIpc) is 3.51. The maximum absolute atomic E-state index is 11.9. The van der Waals surface area contributed by atoms with Crippen molar-refractivity contribution < 1.29 is 14.3 Å². The quantitative estimate of drug-likeness (QED) is 0.348. The topological polar surface area (TPSA) is 82.2 Å². The maximum Gasteiger partial charge on any atom is 0.247 e. The monoisotopic (exact) mass is 542 g/mol. The molecule has 0 radical (unpaired) electrons. The van der Waals surface area contributed by atoms with Crippen molar-refractivity contribution >= 4 is 34.5 Å². The molecule has 3 aromatic rings. The minimum atomic E-state index is -0.269. The summed E-state index contributed by atoms with van der Waals surface area (Å²) in [5.74, 6) is 2.27. The van der Waals surface area contributed by atoms with Crippen molar-refractivity contribution in [2.24, 2.45) is 0 Å². The van der Waals surface area contributed by atoms with Crippen molar-refractivity contribution in [3.63, 3.8) is 0 Å². The highest BCUT2D eigenvalue weighted by atomic mass is 16.5. The van der Waals surface area contributed by atoms with Gasteiger partial charge in [-0.1, -0.05) is 12.6 Å². The predicted molar refractivity (Wildman–Crippen MR) is 162 cm³/mol. The molecule has 0 saturated carbocycles. The van der Waals surface area contributed by atoms with Crippen LogP contribution in [0, 0.1) is 6.92 Å². The summed E-state index contributed by atoms with van der Waals surface area (Å²) in [4.78, 5) is 23.8. The molecule has 5 rings (SSSR count). The van der Waals surface area contributed by atoms with Gasteiger partial charge in [0.1, 0.15) is 23.0 Å². The molecule has 1 aromatic heterocycles. The Labute approximate surface area is 236 Å². The molecule has 2 N–H and O–H groups in total. The number of amides is 1. The molecule has 0 bridgehead atoms. The minimum Gasteiger partial charge on any atom is -0.494 e. The van der Waals surface area contributed by atoms with Crippen LogP contribution in [-0.2, 0) is 4.79 Å². The van der Waals surface area contributed by atoms with E-state index in [2.05, 4.69) is 57.2 Å². The Balaban J connectivity index is 1.42. The largest absolute Gasteiger partial charge is 0.494 e. The van der Waals surface area contributed by atoms with Crippen LogP contribution in [0.4, 0.5) is 28.6 Å². The summed E-state index contributed by atoms with van der Waals surface area (Å²) in [5.41, 5.74) is 4.41. The van der Waals surface area contributed by atoms with Gasteiger partial charge in [0.25, 0.3) is 0 Å². The summed E-state index contributed by atoms with van der Waals surface area (Å²) in [7, 11) is 3.84. The number of ether oxygens (including phenoxy) is 2. The number of hydrogen-bond donors (Lipinski definition) is 2. The molecule has 9 nitrogen and oxygen atoms in total. The smallest absolute Gasteiger partial charge is 0.247 e. The molecule has 2 fully saturated rings. The first-order chi connectivity index (χ1) is 19.4. The van der Waals surface area contributed by atoms with Gasteiger partial charge in [-0.25, -0.2) is 0 Å². The average molecular weight is 543 g/mol. The van der Waals surface area contributed by atoms with Crippen molar-refractivity contribution in [3.05, 3.63) is 66.7 Å². The second-order valence-corrected chi connectivity index (χ2v) is 10.2. The van der Waals surface area contributed by atoms with Crippen LogP contribution in [0.5, 0.6) is 17.4 Å². The molecular weight excluding hydrogens is 504 g/mol. The molecule has 1 amide bonds. The first-order valence-electron chi connectivity index (χ1n) is 13.8. The van der Waals surface area contributed by atoms with E-state index in [0.29, 0.717) is 23.1 Å². The Bertz CT molecular complexity index is 1360. The van der Waals surface area contributed by atoms with Crippen molar-refractivity contribution in [2.45, 2.75) is 19.8 Å². The fourth-order valence-corrected chi connectivity index (χ4v) is 5.11. The number of piperazine rings is 1. The molecule has 9 heteroatoms. The Kier molecular flexibility index (Phi) is 8.40. The van der Waals surface area contributed by atoms with E-state index in [4.69, 9.17) is 14.5 Å². The van der Waals surface area contributed by atoms with Gasteiger partial charge in [-0.3, -0.25) is 4.79 Å². The lowest BCUT2D eigenvalue weighted by Gasteiger charge is -2.34. The molecular formula is C31H38N6O3. The van der Waals surface area contributed by atoms with E-state index in [9.17, 15) is 4.79 Å². The van der Waals surface area contributed by atoms with E-state index in [0.717, 1.165) is 80.5 Å². The van der Waals surface area contributed by atoms with Crippen LogP contribution >= 0.6 is 0 Å². The zero-order valence-corrected chi connectivity index (χ0v) is 23.6. The summed E-state index contributed by atoms with van der Waals surface area (Å²) in [6.45, 7) is 11.4. The number of rotatable bonds is 9. The lowest BCUT2D eigenvalue weighted by molar-refractivity contribution is -0.111. The fourth-order valence-electron chi connectivity index (χ4n) is 5.11. The molecule has 0 atom stereocenters. The van der Waals surface area contributed by atoms with Gasteiger partial charge in [0.15, 0.2) is 0 Å². The van der Waals surface area contributed by atoms with Crippen LogP contribution in [0.15, 0.2) is 61.2 Å². The molecule has 40 heavy (non-hydrogen) atoms. The van der Waals surface area contributed by atoms with Crippen LogP contribution in [0.2, 0.25) is 0 Å². The van der Waals surface area contributed by atoms with E-state index in [1.807, 2.05) is 37.3 Å². The number of hydrogen-bond acceptors (Lipinski definition) is 8. The summed E-state index contributed by atoms with van der Waals surface area (Å²) in [6, 6.07) is 15.9. The Morgan fingerprint density at radius 2 is 1.73 bits per heavy atom. The fraction of sp³-hybridized carbons (Fsp3) is 0.355. The van der Waals surface area contributed by atoms with Gasteiger partial charge in [0.2, 0.25) is 11.8 Å². The third kappa shape index (κ3) is 6.15. The van der Waals surface area contributed by atoms with E-state index < -0.39 is 0 Å². The van der Waals surface area contributed by atoms with Crippen LogP contribution in [0.25, 0.3) is 0 Å². The van der Waals surface area contributed by atoms with E-state index in [1.54, 1.807) is 7.11 Å². The number of likely N-dealkylation sites (N-methyl/N-ethyl adjacent to an activating group) is 1. The number of nitrogens with zero attached hydrogens (tertiary/aromatic N) is 4. The molecule has 0 aliphatic carbocycles. The Morgan fingerprint density at radius 1 is 0.950 bits per heavy atom. The van der Waals surface area contributed by atoms with Gasteiger partial charge in [-0.05, 0) is 69.3 Å². The standard InChI is InChI=1S/C31H38N6O3/c1-5-30(38)33-24-9-8-10-27(22(24)2)40-31-26(37-15-6-7-16-37)13-14-29(34-31)32-25-12-11-23(21-28(25)39-4)36-19-17-35(3)18-20-36/h5,8-14,21H,1,6-7,15-20H2,2-4H3,(H,32,34)(H,33,38). The number of methoxy groups -OCH3 is 1. The van der Waals surface area contributed by atoms with Crippen LogP contribution in [-0.4, -0.2) is 69.2 Å². The van der Waals surface area contributed by atoms with E-state index >= 15 is 0 Å². The third-order valence-electron chi connectivity index (χ3n) is 7.54. The summed E-state index contributed by atoms with van der Waals surface area (Å²) >= 11 is 0. The zero-order chi connectivity index (χ0) is 28.1. The van der Waals surface area contributed by atoms with Crippen LogP contribution in [0.3, 0.4) is 0 Å².